The molecule has 8 nitrogen and oxygen atoms in total. The Hall–Kier alpha value is -2.35. The number of fused-ring (bicyclic) bond motifs is 1. The van der Waals surface area contributed by atoms with Gasteiger partial charge in [0.2, 0.25) is 12.3 Å². The summed E-state index contributed by atoms with van der Waals surface area (Å²) in [5, 5.41) is 21.2. The van der Waals surface area contributed by atoms with E-state index in [1.807, 2.05) is 16.6 Å². The van der Waals surface area contributed by atoms with Crippen LogP contribution in [-0.2, 0) is 12.0 Å². The summed E-state index contributed by atoms with van der Waals surface area (Å²) >= 11 is 0. The molecule has 0 spiro atoms. The summed E-state index contributed by atoms with van der Waals surface area (Å²) in [7, 11) is 0. The molecule has 4 rings (SSSR count). The van der Waals surface area contributed by atoms with Crippen LogP contribution in [0.2, 0.25) is 0 Å². The Morgan fingerprint density at radius 3 is 2.60 bits per heavy atom. The lowest BCUT2D eigenvalue weighted by Gasteiger charge is -2.29. The van der Waals surface area contributed by atoms with Gasteiger partial charge in [-0.2, -0.15) is 9.61 Å². The van der Waals surface area contributed by atoms with Crippen molar-refractivity contribution in [1.29, 1.82) is 0 Å². The number of hydrogen-bond acceptors (Lipinski definition) is 7. The summed E-state index contributed by atoms with van der Waals surface area (Å²) in [5.74, 6) is 2.01. The van der Waals surface area contributed by atoms with Crippen molar-refractivity contribution in [2.45, 2.75) is 51.5 Å². The minimum atomic E-state index is 0.00315. The van der Waals surface area contributed by atoms with Crippen LogP contribution in [0.15, 0.2) is 22.9 Å². The zero-order valence-electron chi connectivity index (χ0n) is 14.9. The Balaban J connectivity index is 1.51. The van der Waals surface area contributed by atoms with Gasteiger partial charge in [-0.05, 0) is 38.1 Å². The van der Waals surface area contributed by atoms with Gasteiger partial charge >= 0.3 is 0 Å². The van der Waals surface area contributed by atoms with Crippen LogP contribution in [0.25, 0.3) is 5.65 Å². The van der Waals surface area contributed by atoms with Gasteiger partial charge in [0.05, 0.1) is 12.2 Å². The van der Waals surface area contributed by atoms with Gasteiger partial charge in [-0.1, -0.05) is 20.8 Å². The number of hydrogen-bond donors (Lipinski definition) is 0. The van der Waals surface area contributed by atoms with Crippen molar-refractivity contribution in [3.63, 3.8) is 0 Å². The highest BCUT2D eigenvalue weighted by Crippen LogP contribution is 2.28. The topological polar surface area (TPSA) is 85.2 Å². The van der Waals surface area contributed by atoms with Gasteiger partial charge in [0.25, 0.3) is 0 Å². The molecular weight excluding hydrogens is 318 g/mol. The predicted octanol–water partition coefficient (Wildman–Crippen LogP) is 2.18. The molecule has 1 aliphatic rings. The first-order valence-corrected chi connectivity index (χ1v) is 8.71. The highest BCUT2D eigenvalue weighted by Gasteiger charge is 2.26. The molecule has 3 aromatic rings. The Morgan fingerprint density at radius 2 is 1.92 bits per heavy atom. The summed E-state index contributed by atoms with van der Waals surface area (Å²) in [6.45, 7) is 9.16. The van der Waals surface area contributed by atoms with E-state index in [9.17, 15) is 0 Å². The van der Waals surface area contributed by atoms with Crippen molar-refractivity contribution in [3.8, 4) is 0 Å². The molecule has 25 heavy (non-hydrogen) atoms. The van der Waals surface area contributed by atoms with Gasteiger partial charge < -0.3 is 4.42 Å². The van der Waals surface area contributed by atoms with Crippen molar-refractivity contribution in [1.82, 2.24) is 34.9 Å². The van der Waals surface area contributed by atoms with Crippen LogP contribution >= 0.6 is 0 Å². The first kappa shape index (κ1) is 16.1. The molecule has 0 atom stereocenters. The van der Waals surface area contributed by atoms with Crippen molar-refractivity contribution in [2.24, 2.45) is 0 Å². The third-order valence-electron chi connectivity index (χ3n) is 4.77. The molecule has 1 aliphatic heterocycles. The third kappa shape index (κ3) is 3.26. The van der Waals surface area contributed by atoms with Crippen LogP contribution in [0, 0.1) is 0 Å². The van der Waals surface area contributed by atoms with Gasteiger partial charge in [0.15, 0.2) is 11.5 Å². The Labute approximate surface area is 146 Å². The number of rotatable bonds is 3. The third-order valence-corrected chi connectivity index (χ3v) is 4.77. The molecule has 0 saturated carbocycles. The first-order valence-electron chi connectivity index (χ1n) is 8.71. The standard InChI is InChI=1S/C17H23N7O/c1-17(2,3)13-4-5-14-19-21-16(24(14)22-13)12-6-8-23(9-7-12)10-15-20-18-11-25-15/h4-5,11-12H,6-10H2,1-3H3. The smallest absolute Gasteiger partial charge is 0.230 e. The Kier molecular flexibility index (Phi) is 3.99. The second-order valence-electron chi connectivity index (χ2n) is 7.68. The van der Waals surface area contributed by atoms with Crippen LogP contribution in [-0.4, -0.2) is 48.0 Å². The number of likely N-dealkylation sites (tertiary alicyclic amines) is 1. The summed E-state index contributed by atoms with van der Waals surface area (Å²) in [6, 6.07) is 4.05. The second-order valence-corrected chi connectivity index (χ2v) is 7.68. The molecule has 0 amide bonds. The van der Waals surface area contributed by atoms with E-state index in [1.165, 1.54) is 6.39 Å². The van der Waals surface area contributed by atoms with Crippen LogP contribution in [0.3, 0.4) is 0 Å². The molecule has 132 valence electrons. The predicted molar refractivity (Wildman–Crippen MR) is 91.0 cm³/mol. The lowest BCUT2D eigenvalue weighted by atomic mass is 9.92. The van der Waals surface area contributed by atoms with Crippen molar-refractivity contribution < 1.29 is 4.42 Å². The SMILES string of the molecule is CC(C)(C)c1ccc2nnc(C3CCN(Cc4nnco4)CC3)n2n1. The monoisotopic (exact) mass is 341 g/mol. The largest absolute Gasteiger partial charge is 0.427 e. The highest BCUT2D eigenvalue weighted by atomic mass is 16.4. The molecule has 0 bridgehead atoms. The zero-order valence-corrected chi connectivity index (χ0v) is 14.9. The van der Waals surface area contributed by atoms with E-state index in [4.69, 9.17) is 9.52 Å². The van der Waals surface area contributed by atoms with Crippen LogP contribution in [0.1, 0.15) is 56.9 Å². The molecule has 0 N–H and O–H groups in total. The number of piperidine rings is 1. The van der Waals surface area contributed by atoms with Crippen molar-refractivity contribution in [2.75, 3.05) is 13.1 Å². The quantitative estimate of drug-likeness (QED) is 0.722. The normalized spacial score (nSPS) is 17.4. The summed E-state index contributed by atoms with van der Waals surface area (Å²) in [6.07, 6.45) is 3.43. The van der Waals surface area contributed by atoms with Crippen LogP contribution in [0.5, 0.6) is 0 Å². The Bertz CT molecular complexity index is 842. The summed E-state index contributed by atoms with van der Waals surface area (Å²) in [4.78, 5) is 2.33. The molecule has 4 heterocycles. The zero-order chi connectivity index (χ0) is 17.4. The molecule has 0 unspecified atom stereocenters. The van der Waals surface area contributed by atoms with E-state index < -0.39 is 0 Å². The van der Waals surface area contributed by atoms with E-state index in [-0.39, 0.29) is 5.41 Å². The highest BCUT2D eigenvalue weighted by molar-refractivity contribution is 5.37. The van der Waals surface area contributed by atoms with E-state index >= 15 is 0 Å². The molecule has 1 saturated heterocycles. The fraction of sp³-hybridized carbons (Fsp3) is 0.588. The van der Waals surface area contributed by atoms with Gasteiger partial charge in [0.1, 0.15) is 0 Å². The summed E-state index contributed by atoms with van der Waals surface area (Å²) < 4.78 is 7.17. The average molecular weight is 341 g/mol. The minimum absolute atomic E-state index is 0.00315. The van der Waals surface area contributed by atoms with E-state index in [0.29, 0.717) is 18.4 Å². The Morgan fingerprint density at radius 1 is 1.12 bits per heavy atom. The fourth-order valence-corrected chi connectivity index (χ4v) is 3.27. The van der Waals surface area contributed by atoms with E-state index in [2.05, 4.69) is 46.1 Å². The molecule has 1 fully saturated rings. The molecule has 0 aromatic carbocycles. The lowest BCUT2D eigenvalue weighted by Crippen LogP contribution is -2.33. The van der Waals surface area contributed by atoms with Crippen molar-refractivity contribution in [3.05, 3.63) is 35.9 Å². The van der Waals surface area contributed by atoms with Gasteiger partial charge in [-0.3, -0.25) is 4.90 Å². The van der Waals surface area contributed by atoms with E-state index in [0.717, 1.165) is 43.1 Å². The molecule has 8 heteroatoms. The number of nitrogens with zero attached hydrogens (tertiary/aromatic N) is 7. The fourth-order valence-electron chi connectivity index (χ4n) is 3.27. The van der Waals surface area contributed by atoms with Gasteiger partial charge in [0, 0.05) is 11.3 Å². The summed E-state index contributed by atoms with van der Waals surface area (Å²) in [5.41, 5.74) is 1.87. The number of aromatic nitrogens is 6. The molecule has 0 aliphatic carbocycles. The van der Waals surface area contributed by atoms with Gasteiger partial charge in [-0.25, -0.2) is 0 Å². The maximum atomic E-state index is 5.24. The van der Waals surface area contributed by atoms with E-state index in [1.54, 1.807) is 0 Å². The van der Waals surface area contributed by atoms with Gasteiger partial charge in [-0.15, -0.1) is 20.4 Å². The first-order chi connectivity index (χ1) is 12.0. The maximum absolute atomic E-state index is 5.24. The molecular formula is C17H23N7O. The minimum Gasteiger partial charge on any atom is -0.427 e. The molecule has 3 aromatic heterocycles. The maximum Gasteiger partial charge on any atom is 0.230 e. The molecule has 0 radical (unpaired) electrons. The van der Waals surface area contributed by atoms with Crippen LogP contribution < -0.4 is 0 Å². The van der Waals surface area contributed by atoms with Crippen LogP contribution in [0.4, 0.5) is 0 Å². The average Bonchev–Trinajstić information content (AvgIpc) is 3.23. The second kappa shape index (κ2) is 6.18. The van der Waals surface area contributed by atoms with Crippen molar-refractivity contribution >= 4 is 5.65 Å². The lowest BCUT2D eigenvalue weighted by molar-refractivity contribution is 0.184.